The minimum absolute atomic E-state index is 0.364. The standard InChI is InChI=1S/C18H32N2/c1-6-11-18(4,14-19-7-2)15-20(5)13-17-10-8-9-16(3)12-17/h8-10,12,19H,6-7,11,13-15H2,1-5H3. The number of rotatable bonds is 9. The highest BCUT2D eigenvalue weighted by molar-refractivity contribution is 5.22. The third-order valence-electron chi connectivity index (χ3n) is 3.84. The molecule has 0 fully saturated rings. The van der Waals surface area contributed by atoms with E-state index < -0.39 is 0 Å². The van der Waals surface area contributed by atoms with Gasteiger partial charge in [0.15, 0.2) is 0 Å². The molecule has 0 amide bonds. The first-order chi connectivity index (χ1) is 9.49. The van der Waals surface area contributed by atoms with Crippen LogP contribution in [-0.4, -0.2) is 31.6 Å². The van der Waals surface area contributed by atoms with Crippen molar-refractivity contribution >= 4 is 0 Å². The van der Waals surface area contributed by atoms with E-state index in [1.165, 1.54) is 24.0 Å². The monoisotopic (exact) mass is 276 g/mol. The van der Waals surface area contributed by atoms with Gasteiger partial charge in [0.05, 0.1) is 0 Å². The number of benzene rings is 1. The summed E-state index contributed by atoms with van der Waals surface area (Å²) in [6.07, 6.45) is 2.53. The topological polar surface area (TPSA) is 15.3 Å². The Morgan fingerprint density at radius 1 is 1.25 bits per heavy atom. The van der Waals surface area contributed by atoms with Crippen molar-refractivity contribution < 1.29 is 0 Å². The molecule has 1 N–H and O–H groups in total. The minimum atomic E-state index is 0.364. The van der Waals surface area contributed by atoms with Crippen molar-refractivity contribution in [2.75, 3.05) is 26.7 Å². The van der Waals surface area contributed by atoms with Crippen molar-refractivity contribution in [3.05, 3.63) is 35.4 Å². The Morgan fingerprint density at radius 3 is 2.60 bits per heavy atom. The van der Waals surface area contributed by atoms with Gasteiger partial charge in [-0.05, 0) is 37.9 Å². The number of aryl methyl sites for hydroxylation is 1. The van der Waals surface area contributed by atoms with Gasteiger partial charge in [0.1, 0.15) is 0 Å². The number of hydrogen-bond donors (Lipinski definition) is 1. The van der Waals surface area contributed by atoms with E-state index in [1.807, 2.05) is 0 Å². The zero-order valence-corrected chi connectivity index (χ0v) is 14.0. The van der Waals surface area contributed by atoms with E-state index in [-0.39, 0.29) is 0 Å². The molecule has 0 aliphatic heterocycles. The van der Waals surface area contributed by atoms with Crippen LogP contribution in [0, 0.1) is 12.3 Å². The molecular weight excluding hydrogens is 244 g/mol. The van der Waals surface area contributed by atoms with Crippen molar-refractivity contribution in [3.63, 3.8) is 0 Å². The lowest BCUT2D eigenvalue weighted by atomic mass is 9.84. The molecule has 0 saturated heterocycles. The quantitative estimate of drug-likeness (QED) is 0.737. The fourth-order valence-electron chi connectivity index (χ4n) is 3.08. The Labute approximate surface area is 125 Å². The van der Waals surface area contributed by atoms with Crippen LogP contribution in [0.5, 0.6) is 0 Å². The summed E-state index contributed by atoms with van der Waals surface area (Å²) in [5.74, 6) is 0. The zero-order valence-electron chi connectivity index (χ0n) is 14.0. The van der Waals surface area contributed by atoms with Crippen LogP contribution < -0.4 is 5.32 Å². The van der Waals surface area contributed by atoms with Crippen LogP contribution in [0.1, 0.15) is 44.7 Å². The SMILES string of the molecule is CCCC(C)(CNCC)CN(C)Cc1cccc(C)c1. The lowest BCUT2D eigenvalue weighted by molar-refractivity contribution is 0.169. The van der Waals surface area contributed by atoms with E-state index in [1.54, 1.807) is 0 Å². The van der Waals surface area contributed by atoms with Gasteiger partial charge in [0, 0.05) is 19.6 Å². The lowest BCUT2D eigenvalue weighted by Gasteiger charge is -2.34. The fourth-order valence-corrected chi connectivity index (χ4v) is 3.08. The largest absolute Gasteiger partial charge is 0.316 e. The van der Waals surface area contributed by atoms with Gasteiger partial charge in [0.25, 0.3) is 0 Å². The normalized spacial score (nSPS) is 14.5. The Kier molecular flexibility index (Phi) is 7.25. The number of nitrogens with one attached hydrogen (secondary N) is 1. The predicted molar refractivity (Wildman–Crippen MR) is 89.1 cm³/mol. The summed E-state index contributed by atoms with van der Waals surface area (Å²) in [7, 11) is 2.24. The molecular formula is C18H32N2. The van der Waals surface area contributed by atoms with Crippen molar-refractivity contribution in [1.29, 1.82) is 0 Å². The highest BCUT2D eigenvalue weighted by atomic mass is 15.1. The summed E-state index contributed by atoms with van der Waals surface area (Å²) in [5, 5.41) is 3.53. The molecule has 1 atom stereocenters. The molecule has 114 valence electrons. The second-order valence-electron chi connectivity index (χ2n) is 6.50. The van der Waals surface area contributed by atoms with E-state index in [4.69, 9.17) is 0 Å². The summed E-state index contributed by atoms with van der Waals surface area (Å²) >= 11 is 0. The first-order valence-electron chi connectivity index (χ1n) is 7.94. The van der Waals surface area contributed by atoms with E-state index >= 15 is 0 Å². The van der Waals surface area contributed by atoms with Crippen molar-refractivity contribution in [2.24, 2.45) is 5.41 Å². The van der Waals surface area contributed by atoms with Gasteiger partial charge in [-0.15, -0.1) is 0 Å². The molecule has 0 radical (unpaired) electrons. The molecule has 1 aromatic carbocycles. The van der Waals surface area contributed by atoms with E-state index in [9.17, 15) is 0 Å². The van der Waals surface area contributed by atoms with Gasteiger partial charge in [-0.1, -0.05) is 57.0 Å². The van der Waals surface area contributed by atoms with Crippen LogP contribution >= 0.6 is 0 Å². The molecule has 0 heterocycles. The van der Waals surface area contributed by atoms with Gasteiger partial charge in [-0.3, -0.25) is 0 Å². The van der Waals surface area contributed by atoms with Crippen molar-refractivity contribution in [1.82, 2.24) is 10.2 Å². The van der Waals surface area contributed by atoms with Crippen LogP contribution in [-0.2, 0) is 6.54 Å². The highest BCUT2D eigenvalue weighted by Crippen LogP contribution is 2.24. The van der Waals surface area contributed by atoms with Crippen LogP contribution in [0.3, 0.4) is 0 Å². The molecule has 0 aliphatic carbocycles. The Balaban J connectivity index is 2.59. The Hall–Kier alpha value is -0.860. The molecule has 20 heavy (non-hydrogen) atoms. The van der Waals surface area contributed by atoms with Crippen LogP contribution in [0.2, 0.25) is 0 Å². The summed E-state index contributed by atoms with van der Waals surface area (Å²) in [5.41, 5.74) is 3.12. The molecule has 0 saturated carbocycles. The zero-order chi connectivity index (χ0) is 15.0. The molecule has 2 nitrogen and oxygen atoms in total. The maximum absolute atomic E-state index is 3.53. The smallest absolute Gasteiger partial charge is 0.0231 e. The van der Waals surface area contributed by atoms with Gasteiger partial charge in [-0.25, -0.2) is 0 Å². The van der Waals surface area contributed by atoms with Crippen LogP contribution in [0.15, 0.2) is 24.3 Å². The highest BCUT2D eigenvalue weighted by Gasteiger charge is 2.24. The lowest BCUT2D eigenvalue weighted by Crippen LogP contribution is -2.40. The summed E-state index contributed by atoms with van der Waals surface area (Å²) in [6, 6.07) is 8.83. The van der Waals surface area contributed by atoms with Crippen LogP contribution in [0.4, 0.5) is 0 Å². The average molecular weight is 276 g/mol. The summed E-state index contributed by atoms with van der Waals surface area (Å²) < 4.78 is 0. The third kappa shape index (κ3) is 6.06. The van der Waals surface area contributed by atoms with E-state index in [0.29, 0.717) is 5.41 Å². The summed E-state index contributed by atoms with van der Waals surface area (Å²) in [4.78, 5) is 2.46. The Bertz CT molecular complexity index is 389. The second kappa shape index (κ2) is 8.43. The Morgan fingerprint density at radius 2 is 2.00 bits per heavy atom. The molecule has 0 bridgehead atoms. The van der Waals surface area contributed by atoms with Gasteiger partial charge < -0.3 is 10.2 Å². The minimum Gasteiger partial charge on any atom is -0.316 e. The first-order valence-corrected chi connectivity index (χ1v) is 7.94. The molecule has 0 aliphatic rings. The maximum atomic E-state index is 3.53. The molecule has 2 heteroatoms. The van der Waals surface area contributed by atoms with E-state index in [0.717, 1.165) is 26.2 Å². The average Bonchev–Trinajstić information content (AvgIpc) is 2.36. The van der Waals surface area contributed by atoms with E-state index in [2.05, 4.69) is 69.2 Å². The molecule has 0 aromatic heterocycles. The second-order valence-corrected chi connectivity index (χ2v) is 6.50. The molecule has 1 aromatic rings. The number of hydrogen-bond acceptors (Lipinski definition) is 2. The predicted octanol–water partition coefficient (Wildman–Crippen LogP) is 3.84. The molecule has 1 rings (SSSR count). The fraction of sp³-hybridized carbons (Fsp3) is 0.667. The first kappa shape index (κ1) is 17.2. The van der Waals surface area contributed by atoms with Crippen molar-refractivity contribution in [3.8, 4) is 0 Å². The van der Waals surface area contributed by atoms with Gasteiger partial charge in [-0.2, -0.15) is 0 Å². The van der Waals surface area contributed by atoms with Crippen molar-refractivity contribution in [2.45, 2.75) is 47.1 Å². The molecule has 1 unspecified atom stereocenters. The summed E-state index contributed by atoms with van der Waals surface area (Å²) in [6.45, 7) is 13.4. The third-order valence-corrected chi connectivity index (χ3v) is 3.84. The van der Waals surface area contributed by atoms with Gasteiger partial charge >= 0.3 is 0 Å². The number of nitrogens with zero attached hydrogens (tertiary/aromatic N) is 1. The molecule has 0 spiro atoms. The maximum Gasteiger partial charge on any atom is 0.0231 e. The van der Waals surface area contributed by atoms with Crippen LogP contribution in [0.25, 0.3) is 0 Å². The van der Waals surface area contributed by atoms with Gasteiger partial charge in [0.2, 0.25) is 0 Å².